The Balaban J connectivity index is 0.00000109. The van der Waals surface area contributed by atoms with E-state index in [1.807, 2.05) is 32.0 Å². The first kappa shape index (κ1) is 18.3. The van der Waals surface area contributed by atoms with Gasteiger partial charge in [0.05, 0.1) is 11.4 Å². The number of carbonyl (C=O) groups is 1. The highest BCUT2D eigenvalue weighted by Gasteiger charge is 2.03. The van der Waals surface area contributed by atoms with E-state index in [1.54, 1.807) is 12.1 Å². The fraction of sp³-hybridized carbons (Fsp3) is 0.190. The van der Waals surface area contributed by atoms with Crippen molar-refractivity contribution in [2.75, 3.05) is 5.32 Å². The summed E-state index contributed by atoms with van der Waals surface area (Å²) >= 11 is 0. The molecule has 0 fully saturated rings. The maximum absolute atomic E-state index is 10.5. The molecule has 25 heavy (non-hydrogen) atoms. The third kappa shape index (κ3) is 4.51. The van der Waals surface area contributed by atoms with Gasteiger partial charge in [0, 0.05) is 5.69 Å². The largest absolute Gasteiger partial charge is 0.329 e. The van der Waals surface area contributed by atoms with Crippen LogP contribution in [-0.4, -0.2) is 6.41 Å². The summed E-state index contributed by atoms with van der Waals surface area (Å²) < 4.78 is 0. The molecule has 0 atom stereocenters. The van der Waals surface area contributed by atoms with Crippen molar-refractivity contribution in [1.29, 1.82) is 0 Å². The van der Waals surface area contributed by atoms with Crippen molar-refractivity contribution >= 4 is 34.2 Å². The summed E-state index contributed by atoms with van der Waals surface area (Å²) in [5.41, 5.74) is 4.61. The van der Waals surface area contributed by atoms with Gasteiger partial charge in [-0.25, -0.2) is 0 Å². The minimum Gasteiger partial charge on any atom is -0.329 e. The van der Waals surface area contributed by atoms with Crippen LogP contribution in [0.5, 0.6) is 0 Å². The van der Waals surface area contributed by atoms with Crippen LogP contribution < -0.4 is 5.32 Å². The van der Waals surface area contributed by atoms with Gasteiger partial charge in [-0.2, -0.15) is 10.2 Å². The Morgan fingerprint density at radius 2 is 1.52 bits per heavy atom. The first-order chi connectivity index (χ1) is 12.2. The molecule has 3 aromatic rings. The Hall–Kier alpha value is -3.01. The van der Waals surface area contributed by atoms with Crippen LogP contribution in [0.2, 0.25) is 0 Å². The van der Waals surface area contributed by atoms with Crippen molar-refractivity contribution in [3.8, 4) is 0 Å². The minimum absolute atomic E-state index is 0.645. The van der Waals surface area contributed by atoms with E-state index in [2.05, 4.69) is 53.7 Å². The number of hydrogen-bond acceptors (Lipinski definition) is 3. The first-order valence-electron chi connectivity index (χ1n) is 8.39. The van der Waals surface area contributed by atoms with Crippen LogP contribution >= 0.6 is 0 Å². The van der Waals surface area contributed by atoms with Crippen LogP contribution in [0, 0.1) is 13.8 Å². The summed E-state index contributed by atoms with van der Waals surface area (Å²) in [5, 5.41) is 13.6. The lowest BCUT2D eigenvalue weighted by molar-refractivity contribution is -0.105. The van der Waals surface area contributed by atoms with Crippen molar-refractivity contribution in [2.24, 2.45) is 10.2 Å². The molecule has 4 heteroatoms. The number of rotatable bonds is 4. The molecular weight excluding hydrogens is 310 g/mol. The minimum atomic E-state index is 0.645. The second-order valence-electron chi connectivity index (χ2n) is 5.45. The van der Waals surface area contributed by atoms with Gasteiger partial charge in [-0.05, 0) is 66.1 Å². The van der Waals surface area contributed by atoms with Crippen molar-refractivity contribution in [1.82, 2.24) is 0 Å². The van der Waals surface area contributed by atoms with Crippen LogP contribution in [-0.2, 0) is 4.79 Å². The first-order valence-corrected chi connectivity index (χ1v) is 8.39. The van der Waals surface area contributed by atoms with E-state index in [9.17, 15) is 4.79 Å². The van der Waals surface area contributed by atoms with Gasteiger partial charge in [0.2, 0.25) is 6.41 Å². The molecule has 0 aromatic heterocycles. The summed E-state index contributed by atoms with van der Waals surface area (Å²) in [6.07, 6.45) is 0.645. The molecule has 4 nitrogen and oxygen atoms in total. The highest BCUT2D eigenvalue weighted by atomic mass is 16.1. The normalized spacial score (nSPS) is 10.4. The second kappa shape index (κ2) is 8.73. The SMILES string of the molecule is CC.Cc1cc(N=Nc2cccc(NC=O)c2)cc2c(C)cccc12. The van der Waals surface area contributed by atoms with Gasteiger partial charge in [-0.3, -0.25) is 4.79 Å². The van der Waals surface area contributed by atoms with Gasteiger partial charge in [0.1, 0.15) is 0 Å². The summed E-state index contributed by atoms with van der Waals surface area (Å²) in [4.78, 5) is 10.5. The van der Waals surface area contributed by atoms with Gasteiger partial charge in [0.25, 0.3) is 0 Å². The number of benzene rings is 3. The molecule has 1 N–H and O–H groups in total. The number of nitrogens with one attached hydrogen (secondary N) is 1. The van der Waals surface area contributed by atoms with Crippen LogP contribution in [0.3, 0.4) is 0 Å². The molecule has 0 saturated heterocycles. The van der Waals surface area contributed by atoms with Crippen LogP contribution in [0.25, 0.3) is 10.8 Å². The number of carbonyl (C=O) groups excluding carboxylic acids is 1. The molecule has 0 spiro atoms. The van der Waals surface area contributed by atoms with E-state index in [-0.39, 0.29) is 0 Å². The maximum atomic E-state index is 10.5. The number of amides is 1. The predicted octanol–water partition coefficient (Wildman–Crippen LogP) is 6.47. The topological polar surface area (TPSA) is 53.8 Å². The third-order valence-corrected chi connectivity index (χ3v) is 3.76. The molecule has 0 saturated carbocycles. The van der Waals surface area contributed by atoms with Crippen molar-refractivity contribution in [3.05, 3.63) is 65.7 Å². The van der Waals surface area contributed by atoms with Crippen molar-refractivity contribution in [3.63, 3.8) is 0 Å². The molecule has 3 rings (SSSR count). The molecule has 128 valence electrons. The zero-order valence-electron chi connectivity index (χ0n) is 15.1. The Morgan fingerprint density at radius 1 is 0.800 bits per heavy atom. The van der Waals surface area contributed by atoms with Gasteiger partial charge < -0.3 is 5.32 Å². The molecule has 3 aromatic carbocycles. The summed E-state index contributed by atoms with van der Waals surface area (Å²) in [7, 11) is 0. The molecule has 0 bridgehead atoms. The summed E-state index contributed by atoms with van der Waals surface area (Å²) in [5.74, 6) is 0. The highest BCUT2D eigenvalue weighted by Crippen LogP contribution is 2.29. The smallest absolute Gasteiger partial charge is 0.211 e. The number of nitrogens with zero attached hydrogens (tertiary/aromatic N) is 2. The molecule has 1 amide bonds. The number of fused-ring (bicyclic) bond motifs is 1. The van der Waals surface area contributed by atoms with E-state index >= 15 is 0 Å². The number of hydrogen-bond donors (Lipinski definition) is 1. The number of anilines is 1. The van der Waals surface area contributed by atoms with E-state index in [0.717, 1.165) is 5.69 Å². The third-order valence-electron chi connectivity index (χ3n) is 3.76. The Kier molecular flexibility index (Phi) is 6.40. The quantitative estimate of drug-likeness (QED) is 0.432. The number of azo groups is 1. The van der Waals surface area contributed by atoms with E-state index < -0.39 is 0 Å². The average Bonchev–Trinajstić information content (AvgIpc) is 2.63. The molecule has 0 heterocycles. The maximum Gasteiger partial charge on any atom is 0.211 e. The van der Waals surface area contributed by atoms with E-state index in [0.29, 0.717) is 17.8 Å². The van der Waals surface area contributed by atoms with E-state index in [1.165, 1.54) is 21.9 Å². The van der Waals surface area contributed by atoms with Crippen LogP contribution in [0.4, 0.5) is 17.1 Å². The Morgan fingerprint density at radius 3 is 2.28 bits per heavy atom. The van der Waals surface area contributed by atoms with Crippen molar-refractivity contribution < 1.29 is 4.79 Å². The zero-order valence-corrected chi connectivity index (χ0v) is 15.1. The average molecular weight is 333 g/mol. The lowest BCUT2D eigenvalue weighted by Gasteiger charge is -2.06. The van der Waals surface area contributed by atoms with Crippen LogP contribution in [0.1, 0.15) is 25.0 Å². The molecule has 0 aliphatic rings. The molecule has 0 aliphatic heterocycles. The predicted molar refractivity (Wildman–Crippen MR) is 105 cm³/mol. The molecular formula is C21H23N3O. The molecule has 0 unspecified atom stereocenters. The molecule has 0 radical (unpaired) electrons. The van der Waals surface area contributed by atoms with Crippen molar-refractivity contribution in [2.45, 2.75) is 27.7 Å². The molecule has 0 aliphatic carbocycles. The van der Waals surface area contributed by atoms with E-state index in [4.69, 9.17) is 0 Å². The standard InChI is InChI=1S/C19H17N3O.C2H6/c1-13-5-3-8-18-14(2)9-17(11-19(13)18)22-21-16-7-4-6-15(10-16)20-12-23;1-2/h3-12H,1-2H3,(H,20,23);1-2H3. The van der Waals surface area contributed by atoms with Crippen LogP contribution in [0.15, 0.2) is 64.8 Å². The Labute approximate surface area is 148 Å². The zero-order chi connectivity index (χ0) is 18.2. The summed E-state index contributed by atoms with van der Waals surface area (Å²) in [6, 6.07) is 17.6. The highest BCUT2D eigenvalue weighted by molar-refractivity contribution is 5.90. The summed E-state index contributed by atoms with van der Waals surface area (Å²) in [6.45, 7) is 8.17. The second-order valence-corrected chi connectivity index (χ2v) is 5.45. The fourth-order valence-electron chi connectivity index (χ4n) is 2.60. The van der Waals surface area contributed by atoms with Gasteiger partial charge >= 0.3 is 0 Å². The Bertz CT molecular complexity index is 901. The fourth-order valence-corrected chi connectivity index (χ4v) is 2.60. The van der Waals surface area contributed by atoms with Gasteiger partial charge in [-0.15, -0.1) is 0 Å². The van der Waals surface area contributed by atoms with Gasteiger partial charge in [-0.1, -0.05) is 38.1 Å². The lowest BCUT2D eigenvalue weighted by Crippen LogP contribution is -1.91. The van der Waals surface area contributed by atoms with Gasteiger partial charge in [0.15, 0.2) is 0 Å². The monoisotopic (exact) mass is 333 g/mol. The number of aryl methyl sites for hydroxylation is 2. The lowest BCUT2D eigenvalue weighted by atomic mass is 10.0.